The lowest BCUT2D eigenvalue weighted by molar-refractivity contribution is 0.415. The van der Waals surface area contributed by atoms with Gasteiger partial charge in [-0.15, -0.1) is 11.3 Å². The van der Waals surface area contributed by atoms with E-state index in [2.05, 4.69) is 25.6 Å². The van der Waals surface area contributed by atoms with E-state index in [0.717, 1.165) is 18.7 Å². The molecule has 0 radical (unpaired) electrons. The molecule has 2 heterocycles. The van der Waals surface area contributed by atoms with Crippen molar-refractivity contribution >= 4 is 23.0 Å². The summed E-state index contributed by atoms with van der Waals surface area (Å²) in [6.45, 7) is 0.750. The molecule has 96 valence electrons. The molecule has 6 nitrogen and oxygen atoms in total. The summed E-state index contributed by atoms with van der Waals surface area (Å²) in [4.78, 5) is 12.5. The van der Waals surface area contributed by atoms with Gasteiger partial charge < -0.3 is 15.4 Å². The number of hydrogen-bond donors (Lipinski definition) is 2. The maximum atomic E-state index is 5.29. The summed E-state index contributed by atoms with van der Waals surface area (Å²) in [6.07, 6.45) is 2.35. The molecule has 0 aliphatic heterocycles. The van der Waals surface area contributed by atoms with Crippen LogP contribution in [0.25, 0.3) is 0 Å². The summed E-state index contributed by atoms with van der Waals surface area (Å²) < 4.78 is 5.29. The van der Waals surface area contributed by atoms with Crippen molar-refractivity contribution < 1.29 is 4.74 Å². The number of thiazole rings is 1. The number of rotatable bonds is 6. The average molecular weight is 265 g/mol. The lowest BCUT2D eigenvalue weighted by Gasteiger charge is -2.12. The Bertz CT molecular complexity index is 488. The summed E-state index contributed by atoms with van der Waals surface area (Å²) in [5.41, 5.74) is 2.91. The highest BCUT2D eigenvalue weighted by molar-refractivity contribution is 7.07. The molecular weight excluding hydrogens is 250 g/mol. The molecule has 0 unspecified atom stereocenters. The van der Waals surface area contributed by atoms with Gasteiger partial charge in [0.1, 0.15) is 6.33 Å². The van der Waals surface area contributed by atoms with Crippen molar-refractivity contribution in [3.05, 3.63) is 22.9 Å². The van der Waals surface area contributed by atoms with Crippen molar-refractivity contribution in [2.24, 2.45) is 0 Å². The predicted molar refractivity (Wildman–Crippen MR) is 72.4 cm³/mol. The van der Waals surface area contributed by atoms with Gasteiger partial charge >= 0.3 is 0 Å². The van der Waals surface area contributed by atoms with Crippen molar-refractivity contribution in [2.75, 3.05) is 31.3 Å². The highest BCUT2D eigenvalue weighted by Crippen LogP contribution is 2.28. The Kier molecular flexibility index (Phi) is 4.30. The Balaban J connectivity index is 2.00. The standard InChI is InChI=1S/C11H15N5OS/c1-12-10-9(17-2)11(15-6-14-10)13-4-3-8-5-18-7-16-8/h5-7H,3-4H2,1-2H3,(H2,12,13,14,15). The van der Waals surface area contributed by atoms with Gasteiger partial charge in [0, 0.05) is 25.4 Å². The molecular formula is C11H15N5OS. The van der Waals surface area contributed by atoms with Crippen molar-refractivity contribution in [1.29, 1.82) is 0 Å². The SMILES string of the molecule is CNc1ncnc(NCCc2cscn2)c1OC. The minimum absolute atomic E-state index is 0.623. The maximum absolute atomic E-state index is 5.29. The molecule has 7 heteroatoms. The molecule has 2 aromatic rings. The molecule has 0 bridgehead atoms. The van der Waals surface area contributed by atoms with Crippen LogP contribution in [-0.4, -0.2) is 35.7 Å². The fourth-order valence-corrected chi connectivity index (χ4v) is 2.13. The molecule has 0 amide bonds. The Morgan fingerprint density at radius 3 is 2.78 bits per heavy atom. The monoisotopic (exact) mass is 265 g/mol. The van der Waals surface area contributed by atoms with Gasteiger partial charge in [0.25, 0.3) is 0 Å². The first-order valence-electron chi connectivity index (χ1n) is 5.52. The van der Waals surface area contributed by atoms with Crippen LogP contribution in [-0.2, 0) is 6.42 Å². The fraction of sp³-hybridized carbons (Fsp3) is 0.364. The van der Waals surface area contributed by atoms with E-state index in [4.69, 9.17) is 4.74 Å². The van der Waals surface area contributed by atoms with Crippen LogP contribution in [0.15, 0.2) is 17.2 Å². The number of aromatic nitrogens is 3. The Morgan fingerprint density at radius 1 is 1.28 bits per heavy atom. The zero-order valence-corrected chi connectivity index (χ0v) is 11.1. The highest BCUT2D eigenvalue weighted by atomic mass is 32.1. The van der Waals surface area contributed by atoms with E-state index in [9.17, 15) is 0 Å². The predicted octanol–water partition coefficient (Wildman–Crippen LogP) is 1.64. The van der Waals surface area contributed by atoms with Crippen LogP contribution < -0.4 is 15.4 Å². The van der Waals surface area contributed by atoms with E-state index < -0.39 is 0 Å². The van der Waals surface area contributed by atoms with Crippen LogP contribution in [0, 0.1) is 0 Å². The second kappa shape index (κ2) is 6.15. The van der Waals surface area contributed by atoms with Crippen LogP contribution in [0.3, 0.4) is 0 Å². The molecule has 2 N–H and O–H groups in total. The third kappa shape index (κ3) is 2.86. The number of nitrogens with zero attached hydrogens (tertiary/aromatic N) is 3. The van der Waals surface area contributed by atoms with E-state index in [1.165, 1.54) is 6.33 Å². The Morgan fingerprint density at radius 2 is 2.11 bits per heavy atom. The van der Waals surface area contributed by atoms with Gasteiger partial charge in [0.05, 0.1) is 18.3 Å². The fourth-order valence-electron chi connectivity index (χ4n) is 1.54. The van der Waals surface area contributed by atoms with E-state index >= 15 is 0 Å². The quantitative estimate of drug-likeness (QED) is 0.827. The Labute approximate surface area is 109 Å². The molecule has 0 atom stereocenters. The molecule has 0 aromatic carbocycles. The van der Waals surface area contributed by atoms with E-state index in [0.29, 0.717) is 17.4 Å². The molecule has 0 spiro atoms. The van der Waals surface area contributed by atoms with Crippen molar-refractivity contribution in [1.82, 2.24) is 15.0 Å². The first-order valence-corrected chi connectivity index (χ1v) is 6.47. The molecule has 18 heavy (non-hydrogen) atoms. The summed E-state index contributed by atoms with van der Waals surface area (Å²) in [5.74, 6) is 1.98. The van der Waals surface area contributed by atoms with Gasteiger partial charge in [-0.1, -0.05) is 0 Å². The third-order valence-electron chi connectivity index (χ3n) is 2.40. The van der Waals surface area contributed by atoms with Gasteiger partial charge in [-0.05, 0) is 0 Å². The normalized spacial score (nSPS) is 10.1. The Hall–Kier alpha value is -1.89. The van der Waals surface area contributed by atoms with E-state index in [-0.39, 0.29) is 0 Å². The molecule has 0 fully saturated rings. The molecule has 0 saturated carbocycles. The smallest absolute Gasteiger partial charge is 0.204 e. The summed E-state index contributed by atoms with van der Waals surface area (Å²) in [6, 6.07) is 0. The van der Waals surface area contributed by atoms with Gasteiger partial charge in [0.15, 0.2) is 11.6 Å². The van der Waals surface area contributed by atoms with E-state index in [1.807, 2.05) is 10.9 Å². The number of hydrogen-bond acceptors (Lipinski definition) is 7. The maximum Gasteiger partial charge on any atom is 0.204 e. The van der Waals surface area contributed by atoms with Crippen molar-refractivity contribution in [3.8, 4) is 5.75 Å². The zero-order chi connectivity index (χ0) is 12.8. The van der Waals surface area contributed by atoms with Gasteiger partial charge in [-0.2, -0.15) is 0 Å². The van der Waals surface area contributed by atoms with Gasteiger partial charge in [0.2, 0.25) is 5.75 Å². The minimum Gasteiger partial charge on any atom is -0.490 e. The van der Waals surface area contributed by atoms with Gasteiger partial charge in [-0.25, -0.2) is 15.0 Å². The summed E-state index contributed by atoms with van der Waals surface area (Å²) >= 11 is 1.60. The van der Waals surface area contributed by atoms with Crippen molar-refractivity contribution in [2.45, 2.75) is 6.42 Å². The highest BCUT2D eigenvalue weighted by Gasteiger charge is 2.10. The molecule has 2 rings (SSSR count). The first kappa shape index (κ1) is 12.6. The second-order valence-electron chi connectivity index (χ2n) is 3.51. The van der Waals surface area contributed by atoms with Crippen LogP contribution in [0.2, 0.25) is 0 Å². The van der Waals surface area contributed by atoms with Crippen LogP contribution in [0.4, 0.5) is 11.6 Å². The number of ether oxygens (including phenoxy) is 1. The lowest BCUT2D eigenvalue weighted by atomic mass is 10.3. The first-order chi connectivity index (χ1) is 8.85. The second-order valence-corrected chi connectivity index (χ2v) is 4.23. The number of anilines is 2. The number of methoxy groups -OCH3 is 1. The molecule has 0 aliphatic carbocycles. The average Bonchev–Trinajstić information content (AvgIpc) is 2.91. The number of nitrogens with one attached hydrogen (secondary N) is 2. The zero-order valence-electron chi connectivity index (χ0n) is 10.3. The van der Waals surface area contributed by atoms with Crippen LogP contribution in [0.5, 0.6) is 5.75 Å². The topological polar surface area (TPSA) is 72.0 Å². The van der Waals surface area contributed by atoms with Crippen LogP contribution >= 0.6 is 11.3 Å². The van der Waals surface area contributed by atoms with Crippen LogP contribution in [0.1, 0.15) is 5.69 Å². The third-order valence-corrected chi connectivity index (χ3v) is 3.04. The minimum atomic E-state index is 0.623. The lowest BCUT2D eigenvalue weighted by Crippen LogP contribution is -2.09. The summed E-state index contributed by atoms with van der Waals surface area (Å²) in [5, 5.41) is 8.23. The van der Waals surface area contributed by atoms with E-state index in [1.54, 1.807) is 25.5 Å². The van der Waals surface area contributed by atoms with Gasteiger partial charge in [-0.3, -0.25) is 0 Å². The van der Waals surface area contributed by atoms with Crippen molar-refractivity contribution in [3.63, 3.8) is 0 Å². The molecule has 2 aromatic heterocycles. The molecule has 0 saturated heterocycles. The summed E-state index contributed by atoms with van der Waals surface area (Å²) in [7, 11) is 3.40. The largest absolute Gasteiger partial charge is 0.490 e. The molecule has 0 aliphatic rings.